The van der Waals surface area contributed by atoms with Crippen LogP contribution in [0.5, 0.6) is 0 Å². The van der Waals surface area contributed by atoms with E-state index >= 15 is 0 Å². The summed E-state index contributed by atoms with van der Waals surface area (Å²) in [6.45, 7) is 5.72. The molecule has 13 heavy (non-hydrogen) atoms. The van der Waals surface area contributed by atoms with Gasteiger partial charge in [0.25, 0.3) is 0 Å². The molecule has 0 aliphatic heterocycles. The fourth-order valence-corrected chi connectivity index (χ4v) is 2.16. The van der Waals surface area contributed by atoms with Gasteiger partial charge in [-0.2, -0.15) is 0 Å². The molecule has 0 aromatic heterocycles. The quantitative estimate of drug-likeness (QED) is 0.498. The molecule has 0 N–H and O–H groups in total. The molecule has 0 saturated heterocycles. The minimum Gasteiger partial charge on any atom is -0.287 e. The molecule has 0 saturated carbocycles. The van der Waals surface area contributed by atoms with Crippen LogP contribution in [0.4, 0.5) is 0 Å². The van der Waals surface area contributed by atoms with E-state index in [1.165, 1.54) is 0 Å². The summed E-state index contributed by atoms with van der Waals surface area (Å²) < 4.78 is 26.5. The van der Waals surface area contributed by atoms with E-state index in [0.29, 0.717) is 0 Å². The lowest BCUT2D eigenvalue weighted by Crippen LogP contribution is -2.11. The van der Waals surface area contributed by atoms with Gasteiger partial charge in [0.1, 0.15) is 0 Å². The zero-order chi connectivity index (χ0) is 10.3. The lowest BCUT2D eigenvalue weighted by atomic mass is 10.5. The molecule has 0 heterocycles. The van der Waals surface area contributed by atoms with Gasteiger partial charge in [-0.15, -0.1) is 11.6 Å². The van der Waals surface area contributed by atoms with E-state index < -0.39 is 7.82 Å². The first-order valence-corrected chi connectivity index (χ1v) is 6.21. The lowest BCUT2D eigenvalue weighted by Gasteiger charge is -2.19. The number of phosphoric ester groups is 1. The van der Waals surface area contributed by atoms with E-state index in [0.717, 1.165) is 0 Å². The van der Waals surface area contributed by atoms with Crippen LogP contribution in [0.15, 0.2) is 0 Å². The van der Waals surface area contributed by atoms with Crippen LogP contribution in [-0.4, -0.2) is 25.2 Å². The molecule has 0 aliphatic carbocycles. The highest BCUT2D eigenvalue weighted by Crippen LogP contribution is 2.50. The Hall–Kier alpha value is 0.400. The Morgan fingerprint density at radius 2 is 1.77 bits per heavy atom. The number of rotatable bonds is 7. The van der Waals surface area contributed by atoms with E-state index in [1.54, 1.807) is 20.8 Å². The van der Waals surface area contributed by atoms with Crippen molar-refractivity contribution in [1.29, 1.82) is 0 Å². The third-order valence-corrected chi connectivity index (χ3v) is 3.30. The van der Waals surface area contributed by atoms with Gasteiger partial charge in [-0.1, -0.05) is 0 Å². The molecule has 1 unspecified atom stereocenters. The minimum atomic E-state index is -3.38. The van der Waals surface area contributed by atoms with Crippen molar-refractivity contribution >= 4 is 19.4 Å². The highest BCUT2D eigenvalue weighted by Gasteiger charge is 2.27. The van der Waals surface area contributed by atoms with Crippen molar-refractivity contribution in [3.8, 4) is 0 Å². The first kappa shape index (κ1) is 13.4. The van der Waals surface area contributed by atoms with Crippen molar-refractivity contribution in [2.75, 3.05) is 19.1 Å². The Bertz CT molecular complexity index is 166. The predicted octanol–water partition coefficient (Wildman–Crippen LogP) is 2.81. The summed E-state index contributed by atoms with van der Waals surface area (Å²) in [6, 6.07) is 0. The summed E-state index contributed by atoms with van der Waals surface area (Å²) >= 11 is 5.50. The van der Waals surface area contributed by atoms with Gasteiger partial charge in [-0.25, -0.2) is 4.57 Å². The van der Waals surface area contributed by atoms with Crippen molar-refractivity contribution < 1.29 is 18.1 Å². The summed E-state index contributed by atoms with van der Waals surface area (Å²) in [6.07, 6.45) is -0.342. The van der Waals surface area contributed by atoms with Gasteiger partial charge < -0.3 is 0 Å². The summed E-state index contributed by atoms with van der Waals surface area (Å²) in [5.41, 5.74) is 0. The van der Waals surface area contributed by atoms with Crippen LogP contribution in [0, 0.1) is 0 Å². The molecular formula is C7H16ClO4P. The van der Waals surface area contributed by atoms with Gasteiger partial charge in [0.2, 0.25) is 0 Å². The van der Waals surface area contributed by atoms with Gasteiger partial charge in [-0.05, 0) is 20.8 Å². The maximum Gasteiger partial charge on any atom is 0.475 e. The first-order valence-electron chi connectivity index (χ1n) is 4.21. The van der Waals surface area contributed by atoms with Crippen LogP contribution in [-0.2, 0) is 18.1 Å². The van der Waals surface area contributed by atoms with Gasteiger partial charge in [0.05, 0.1) is 19.3 Å². The maximum atomic E-state index is 11.7. The number of hydrogen-bond acceptors (Lipinski definition) is 4. The number of phosphoric acid groups is 1. The Labute approximate surface area is 84.1 Å². The molecule has 1 atom stereocenters. The van der Waals surface area contributed by atoms with Crippen LogP contribution in [0.25, 0.3) is 0 Å². The van der Waals surface area contributed by atoms with Crippen LogP contribution in [0.1, 0.15) is 20.8 Å². The Kier molecular flexibility index (Phi) is 7.00. The first-order chi connectivity index (χ1) is 6.08. The monoisotopic (exact) mass is 230 g/mol. The highest BCUT2D eigenvalue weighted by atomic mass is 35.5. The van der Waals surface area contributed by atoms with Crippen molar-refractivity contribution in [3.63, 3.8) is 0 Å². The van der Waals surface area contributed by atoms with Crippen LogP contribution in [0.2, 0.25) is 0 Å². The third kappa shape index (κ3) is 5.66. The second-order valence-electron chi connectivity index (χ2n) is 2.35. The lowest BCUT2D eigenvalue weighted by molar-refractivity contribution is 0.0987. The standard InChI is InChI=1S/C7H16ClO4P/c1-4-10-13(9,11-5-2)12-7(3)6-8/h7H,4-6H2,1-3H3. The van der Waals surface area contributed by atoms with Crippen molar-refractivity contribution in [2.45, 2.75) is 26.9 Å². The maximum absolute atomic E-state index is 11.7. The predicted molar refractivity (Wildman–Crippen MR) is 52.1 cm³/mol. The summed E-state index contributed by atoms with van der Waals surface area (Å²) in [4.78, 5) is 0. The van der Waals surface area contributed by atoms with Crippen molar-refractivity contribution in [3.05, 3.63) is 0 Å². The molecule has 0 aromatic carbocycles. The second-order valence-corrected chi connectivity index (χ2v) is 4.28. The van der Waals surface area contributed by atoms with Crippen molar-refractivity contribution in [2.24, 2.45) is 0 Å². The molecule has 80 valence electrons. The fourth-order valence-electron chi connectivity index (χ4n) is 0.663. The average Bonchev–Trinajstić information content (AvgIpc) is 2.04. The minimum absolute atomic E-state index is 0.254. The molecular weight excluding hydrogens is 214 g/mol. The van der Waals surface area contributed by atoms with Gasteiger partial charge in [-0.3, -0.25) is 13.6 Å². The molecule has 0 radical (unpaired) electrons. The van der Waals surface area contributed by atoms with Crippen molar-refractivity contribution in [1.82, 2.24) is 0 Å². The van der Waals surface area contributed by atoms with Crippen LogP contribution < -0.4 is 0 Å². The molecule has 6 heteroatoms. The third-order valence-electron chi connectivity index (χ3n) is 1.10. The van der Waals surface area contributed by atoms with E-state index in [-0.39, 0.29) is 25.2 Å². The molecule has 0 bridgehead atoms. The number of alkyl halides is 1. The molecule has 0 spiro atoms. The summed E-state index contributed by atoms with van der Waals surface area (Å²) in [7, 11) is -3.38. The Balaban J connectivity index is 4.14. The second kappa shape index (κ2) is 6.80. The summed E-state index contributed by atoms with van der Waals surface area (Å²) in [5, 5.41) is 0. The average molecular weight is 231 g/mol. The van der Waals surface area contributed by atoms with Crippen LogP contribution >= 0.6 is 19.4 Å². The molecule has 0 fully saturated rings. The van der Waals surface area contributed by atoms with E-state index in [2.05, 4.69) is 0 Å². The molecule has 4 nitrogen and oxygen atoms in total. The zero-order valence-corrected chi connectivity index (χ0v) is 9.81. The van der Waals surface area contributed by atoms with Gasteiger partial charge >= 0.3 is 7.82 Å². The van der Waals surface area contributed by atoms with E-state index in [1.807, 2.05) is 0 Å². The van der Waals surface area contributed by atoms with E-state index in [9.17, 15) is 4.57 Å². The molecule has 0 aliphatic rings. The highest BCUT2D eigenvalue weighted by molar-refractivity contribution is 7.48. The SMILES string of the molecule is CCOP(=O)(OCC)OC(C)CCl. The summed E-state index contributed by atoms with van der Waals surface area (Å²) in [5.74, 6) is 0.254. The molecule has 0 amide bonds. The normalized spacial score (nSPS) is 14.5. The fraction of sp³-hybridized carbons (Fsp3) is 1.00. The zero-order valence-electron chi connectivity index (χ0n) is 8.16. The topological polar surface area (TPSA) is 44.8 Å². The molecule has 0 aromatic rings. The number of halogens is 1. The van der Waals surface area contributed by atoms with E-state index in [4.69, 9.17) is 25.2 Å². The smallest absolute Gasteiger partial charge is 0.287 e. The van der Waals surface area contributed by atoms with Gasteiger partial charge in [0.15, 0.2) is 0 Å². The molecule has 0 rings (SSSR count). The Morgan fingerprint density at radius 3 is 2.08 bits per heavy atom. The number of hydrogen-bond donors (Lipinski definition) is 0. The van der Waals surface area contributed by atoms with Gasteiger partial charge in [0, 0.05) is 5.88 Å². The van der Waals surface area contributed by atoms with Crippen LogP contribution in [0.3, 0.4) is 0 Å². The largest absolute Gasteiger partial charge is 0.475 e. The Morgan fingerprint density at radius 1 is 1.31 bits per heavy atom.